The summed E-state index contributed by atoms with van der Waals surface area (Å²) in [5.74, 6) is 0.488. The first-order chi connectivity index (χ1) is 14.4. The molecule has 0 radical (unpaired) electrons. The van der Waals surface area contributed by atoms with Gasteiger partial charge in [0, 0.05) is 43.3 Å². The van der Waals surface area contributed by atoms with Gasteiger partial charge in [0.05, 0.1) is 5.92 Å². The number of nitrogens with zero attached hydrogens (tertiary/aromatic N) is 3. The van der Waals surface area contributed by atoms with Crippen LogP contribution in [0.5, 0.6) is 0 Å². The van der Waals surface area contributed by atoms with Crippen molar-refractivity contribution in [3.63, 3.8) is 0 Å². The highest BCUT2D eigenvalue weighted by Gasteiger charge is 2.35. The van der Waals surface area contributed by atoms with E-state index in [0.29, 0.717) is 6.54 Å². The molecule has 0 aliphatic carbocycles. The van der Waals surface area contributed by atoms with Crippen molar-refractivity contribution in [1.29, 1.82) is 0 Å². The van der Waals surface area contributed by atoms with Crippen LogP contribution in [0.1, 0.15) is 28.9 Å². The van der Waals surface area contributed by atoms with Crippen molar-refractivity contribution in [1.82, 2.24) is 9.55 Å². The van der Waals surface area contributed by atoms with Crippen LogP contribution in [-0.4, -0.2) is 27.9 Å². The number of hydrogen-bond acceptors (Lipinski definition) is 3. The molecule has 6 heteroatoms. The Labute approximate surface area is 176 Å². The van der Waals surface area contributed by atoms with Gasteiger partial charge < -0.3 is 14.8 Å². The molecule has 0 bridgehead atoms. The summed E-state index contributed by atoms with van der Waals surface area (Å²) in [6.45, 7) is 7.16. The van der Waals surface area contributed by atoms with E-state index in [2.05, 4.69) is 14.9 Å². The fourth-order valence-electron chi connectivity index (χ4n) is 3.85. The molecule has 0 spiro atoms. The predicted octanol–water partition coefficient (Wildman–Crippen LogP) is 3.85. The summed E-state index contributed by atoms with van der Waals surface area (Å²) < 4.78 is 2.07. The van der Waals surface area contributed by atoms with Crippen LogP contribution in [-0.2, 0) is 16.1 Å². The smallest absolute Gasteiger partial charge is 0.229 e. The van der Waals surface area contributed by atoms with Crippen molar-refractivity contribution in [3.05, 3.63) is 77.4 Å². The normalized spacial score (nSPS) is 16.2. The van der Waals surface area contributed by atoms with Crippen molar-refractivity contribution in [2.75, 3.05) is 16.8 Å². The third kappa shape index (κ3) is 3.99. The van der Waals surface area contributed by atoms with Gasteiger partial charge in [-0.05, 0) is 55.7 Å². The first kappa shape index (κ1) is 19.9. The van der Waals surface area contributed by atoms with E-state index >= 15 is 0 Å². The Bertz CT molecular complexity index is 1080. The van der Waals surface area contributed by atoms with Gasteiger partial charge in [-0.15, -0.1) is 0 Å². The molecule has 1 saturated heterocycles. The molecule has 1 aromatic heterocycles. The average molecular weight is 402 g/mol. The Hall–Kier alpha value is -3.41. The number of nitrogens with one attached hydrogen (secondary N) is 1. The van der Waals surface area contributed by atoms with Gasteiger partial charge >= 0.3 is 0 Å². The Morgan fingerprint density at radius 1 is 1.13 bits per heavy atom. The lowest BCUT2D eigenvalue weighted by Crippen LogP contribution is -2.28. The minimum Gasteiger partial charge on any atom is -0.331 e. The fourth-order valence-corrected chi connectivity index (χ4v) is 3.85. The summed E-state index contributed by atoms with van der Waals surface area (Å²) >= 11 is 0. The largest absolute Gasteiger partial charge is 0.331 e. The second-order valence-corrected chi connectivity index (χ2v) is 7.91. The van der Waals surface area contributed by atoms with Crippen LogP contribution in [0.3, 0.4) is 0 Å². The molecular weight excluding hydrogens is 376 g/mol. The van der Waals surface area contributed by atoms with E-state index < -0.39 is 0 Å². The van der Waals surface area contributed by atoms with Crippen molar-refractivity contribution in [2.24, 2.45) is 5.92 Å². The molecule has 1 fully saturated rings. The third-order valence-corrected chi connectivity index (χ3v) is 5.86. The number of aryl methyl sites for hydroxylation is 2. The molecule has 2 amide bonds. The van der Waals surface area contributed by atoms with Gasteiger partial charge in [0.15, 0.2) is 0 Å². The van der Waals surface area contributed by atoms with Crippen molar-refractivity contribution >= 4 is 23.2 Å². The molecule has 6 nitrogen and oxygen atoms in total. The monoisotopic (exact) mass is 402 g/mol. The van der Waals surface area contributed by atoms with Crippen LogP contribution in [0.4, 0.5) is 11.4 Å². The lowest BCUT2D eigenvalue weighted by atomic mass is 10.1. The minimum atomic E-state index is -0.356. The summed E-state index contributed by atoms with van der Waals surface area (Å²) in [6, 6.07) is 13.7. The molecule has 1 unspecified atom stereocenters. The number of benzene rings is 2. The van der Waals surface area contributed by atoms with Gasteiger partial charge in [0.2, 0.25) is 11.8 Å². The van der Waals surface area contributed by atoms with Crippen LogP contribution >= 0.6 is 0 Å². The average Bonchev–Trinajstić information content (AvgIpc) is 3.31. The standard InChI is InChI=1S/C24H26N4O2/c1-16-5-4-6-22(17(16)2)28-15-20(13-23(28)29)24(30)26-21-9-7-19(8-10-21)14-27-12-11-25-18(27)3/h4-12,20H,13-15H2,1-3H3,(H,26,30). The number of aromatic nitrogens is 2. The van der Waals surface area contributed by atoms with Crippen LogP contribution in [0.2, 0.25) is 0 Å². The van der Waals surface area contributed by atoms with Crippen LogP contribution in [0.15, 0.2) is 54.9 Å². The Balaban J connectivity index is 1.40. The van der Waals surface area contributed by atoms with E-state index in [1.54, 1.807) is 11.1 Å². The molecule has 3 aromatic rings. The number of amides is 2. The molecule has 30 heavy (non-hydrogen) atoms. The molecule has 1 aliphatic rings. The second kappa shape index (κ2) is 8.14. The fraction of sp³-hybridized carbons (Fsp3) is 0.292. The zero-order chi connectivity index (χ0) is 21.3. The predicted molar refractivity (Wildman–Crippen MR) is 118 cm³/mol. The summed E-state index contributed by atoms with van der Waals surface area (Å²) in [5.41, 5.74) is 4.99. The van der Waals surface area contributed by atoms with Crippen molar-refractivity contribution in [2.45, 2.75) is 33.7 Å². The molecule has 2 heterocycles. The molecule has 1 N–H and O–H groups in total. The highest BCUT2D eigenvalue weighted by atomic mass is 16.2. The lowest BCUT2D eigenvalue weighted by molar-refractivity contribution is -0.122. The summed E-state index contributed by atoms with van der Waals surface area (Å²) in [4.78, 5) is 31.3. The van der Waals surface area contributed by atoms with Gasteiger partial charge in [-0.25, -0.2) is 4.98 Å². The van der Waals surface area contributed by atoms with E-state index in [1.807, 2.05) is 69.4 Å². The van der Waals surface area contributed by atoms with Crippen LogP contribution < -0.4 is 10.2 Å². The first-order valence-corrected chi connectivity index (χ1v) is 10.2. The topological polar surface area (TPSA) is 67.2 Å². The maximum atomic E-state index is 12.8. The summed E-state index contributed by atoms with van der Waals surface area (Å²) in [7, 11) is 0. The first-order valence-electron chi connectivity index (χ1n) is 10.2. The Morgan fingerprint density at radius 2 is 1.90 bits per heavy atom. The Kier molecular flexibility index (Phi) is 5.40. The SMILES string of the molecule is Cc1cccc(N2CC(C(=O)Nc3ccc(Cn4ccnc4C)cc3)CC2=O)c1C. The van der Waals surface area contributed by atoms with Crippen LogP contribution in [0.25, 0.3) is 0 Å². The quantitative estimate of drug-likeness (QED) is 0.705. The maximum absolute atomic E-state index is 12.8. The highest BCUT2D eigenvalue weighted by molar-refractivity contribution is 6.03. The summed E-state index contributed by atoms with van der Waals surface area (Å²) in [6.07, 6.45) is 3.97. The molecular formula is C24H26N4O2. The van der Waals surface area contributed by atoms with Crippen LogP contribution in [0, 0.1) is 26.7 Å². The highest BCUT2D eigenvalue weighted by Crippen LogP contribution is 2.30. The number of rotatable bonds is 5. The number of anilines is 2. The number of carbonyl (C=O) groups excluding carboxylic acids is 2. The number of carbonyl (C=O) groups is 2. The third-order valence-electron chi connectivity index (χ3n) is 5.86. The zero-order valence-electron chi connectivity index (χ0n) is 17.6. The lowest BCUT2D eigenvalue weighted by Gasteiger charge is -2.20. The van der Waals surface area contributed by atoms with Crippen molar-refractivity contribution in [3.8, 4) is 0 Å². The van der Waals surface area contributed by atoms with Gasteiger partial charge in [-0.1, -0.05) is 24.3 Å². The van der Waals surface area contributed by atoms with E-state index in [1.165, 1.54) is 0 Å². The van der Waals surface area contributed by atoms with E-state index in [4.69, 9.17) is 0 Å². The summed E-state index contributed by atoms with van der Waals surface area (Å²) in [5, 5.41) is 2.96. The van der Waals surface area contributed by atoms with E-state index in [0.717, 1.165) is 40.4 Å². The molecule has 1 aliphatic heterocycles. The van der Waals surface area contributed by atoms with E-state index in [9.17, 15) is 9.59 Å². The number of imidazole rings is 1. The van der Waals surface area contributed by atoms with Gasteiger partial charge in [-0.2, -0.15) is 0 Å². The van der Waals surface area contributed by atoms with Gasteiger partial charge in [0.1, 0.15) is 5.82 Å². The molecule has 154 valence electrons. The van der Waals surface area contributed by atoms with Gasteiger partial charge in [-0.3, -0.25) is 9.59 Å². The Morgan fingerprint density at radius 3 is 2.60 bits per heavy atom. The maximum Gasteiger partial charge on any atom is 0.229 e. The van der Waals surface area contributed by atoms with Gasteiger partial charge in [0.25, 0.3) is 0 Å². The molecule has 0 saturated carbocycles. The number of hydrogen-bond donors (Lipinski definition) is 1. The van der Waals surface area contributed by atoms with E-state index in [-0.39, 0.29) is 24.2 Å². The van der Waals surface area contributed by atoms with Crippen molar-refractivity contribution < 1.29 is 9.59 Å². The molecule has 1 atom stereocenters. The zero-order valence-corrected chi connectivity index (χ0v) is 17.6. The molecule has 2 aromatic carbocycles. The minimum absolute atomic E-state index is 0.00472. The second-order valence-electron chi connectivity index (χ2n) is 7.91. The molecule has 4 rings (SSSR count).